The molecule has 2 nitrogen and oxygen atoms in total. The molecule has 3 aromatic rings. The number of H-pyrrole nitrogens is 1. The molecule has 1 N–H and O–H groups in total. The highest BCUT2D eigenvalue weighted by atomic mass is 79.9. The highest BCUT2D eigenvalue weighted by Gasteiger charge is 2.09. The second-order valence-corrected chi connectivity index (χ2v) is 5.73. The van der Waals surface area contributed by atoms with E-state index in [4.69, 9.17) is 17.0 Å². The molecule has 0 bridgehead atoms. The van der Waals surface area contributed by atoms with Crippen LogP contribution in [-0.4, -0.2) is 12.1 Å². The number of pyridine rings is 1. The Morgan fingerprint density at radius 3 is 2.65 bits per heavy atom. The number of benzene rings is 2. The first-order chi connectivity index (χ1) is 9.69. The van der Waals surface area contributed by atoms with Crippen LogP contribution >= 0.6 is 28.1 Å². The van der Waals surface area contributed by atoms with E-state index in [1.165, 1.54) is 0 Å². The van der Waals surface area contributed by atoms with Crippen molar-refractivity contribution in [3.8, 4) is 16.9 Å². The monoisotopic (exact) mass is 345 g/mol. The lowest BCUT2D eigenvalue weighted by Gasteiger charge is -2.10. The van der Waals surface area contributed by atoms with Gasteiger partial charge in [0.05, 0.1) is 7.11 Å². The molecular weight excluding hydrogens is 334 g/mol. The second kappa shape index (κ2) is 5.38. The van der Waals surface area contributed by atoms with Crippen molar-refractivity contribution in [3.05, 3.63) is 57.6 Å². The van der Waals surface area contributed by atoms with Gasteiger partial charge in [-0.1, -0.05) is 46.3 Å². The number of hydrogen-bond donors (Lipinski definition) is 1. The van der Waals surface area contributed by atoms with Crippen LogP contribution in [0.2, 0.25) is 0 Å². The van der Waals surface area contributed by atoms with Gasteiger partial charge in [-0.05, 0) is 35.9 Å². The third kappa shape index (κ3) is 2.37. The van der Waals surface area contributed by atoms with E-state index in [2.05, 4.69) is 27.0 Å². The van der Waals surface area contributed by atoms with Gasteiger partial charge in [0.25, 0.3) is 0 Å². The molecule has 1 heterocycles. The second-order valence-electron chi connectivity index (χ2n) is 4.44. The summed E-state index contributed by atoms with van der Waals surface area (Å²) in [5.41, 5.74) is 3.19. The molecule has 0 unspecified atom stereocenters. The molecule has 2 aromatic carbocycles. The number of nitrogens with one attached hydrogen (secondary N) is 1. The van der Waals surface area contributed by atoms with Crippen LogP contribution in [-0.2, 0) is 0 Å². The molecule has 0 aliphatic carbocycles. The predicted molar refractivity (Wildman–Crippen MR) is 88.8 cm³/mol. The van der Waals surface area contributed by atoms with Crippen molar-refractivity contribution < 1.29 is 4.74 Å². The fourth-order valence-corrected chi connectivity index (χ4v) is 2.95. The summed E-state index contributed by atoms with van der Waals surface area (Å²) in [7, 11) is 1.67. The Morgan fingerprint density at radius 1 is 1.05 bits per heavy atom. The Hall–Kier alpha value is -1.65. The maximum Gasteiger partial charge on any atom is 0.119 e. The van der Waals surface area contributed by atoms with Crippen molar-refractivity contribution in [1.82, 2.24) is 4.98 Å². The Bertz CT molecular complexity index is 841. The average molecular weight is 346 g/mol. The van der Waals surface area contributed by atoms with Gasteiger partial charge in [-0.25, -0.2) is 0 Å². The number of methoxy groups -OCH3 is 1. The van der Waals surface area contributed by atoms with Gasteiger partial charge in [-0.15, -0.1) is 0 Å². The Morgan fingerprint density at radius 2 is 1.85 bits per heavy atom. The Kier molecular flexibility index (Phi) is 3.59. The lowest BCUT2D eigenvalue weighted by Crippen LogP contribution is -1.89. The summed E-state index contributed by atoms with van der Waals surface area (Å²) in [5.74, 6) is 0.825. The largest absolute Gasteiger partial charge is 0.497 e. The fourth-order valence-electron chi connectivity index (χ4n) is 2.27. The third-order valence-corrected chi connectivity index (χ3v) is 4.13. The fraction of sp³-hybridized carbons (Fsp3) is 0.0625. The van der Waals surface area contributed by atoms with Gasteiger partial charge in [0.15, 0.2) is 0 Å². The van der Waals surface area contributed by atoms with Crippen LogP contribution in [0.4, 0.5) is 0 Å². The third-order valence-electron chi connectivity index (χ3n) is 3.21. The molecule has 0 radical (unpaired) electrons. The first kappa shape index (κ1) is 13.3. The number of rotatable bonds is 2. The summed E-state index contributed by atoms with van der Waals surface area (Å²) in [5, 5.41) is 1.13. The maximum absolute atomic E-state index is 5.33. The quantitative estimate of drug-likeness (QED) is 0.634. The molecule has 0 atom stereocenters. The number of halogens is 1. The average Bonchev–Trinajstić information content (AvgIpc) is 2.47. The highest BCUT2D eigenvalue weighted by molar-refractivity contribution is 9.10. The zero-order chi connectivity index (χ0) is 14.1. The van der Waals surface area contributed by atoms with Gasteiger partial charge in [-0.2, -0.15) is 0 Å². The van der Waals surface area contributed by atoms with Gasteiger partial charge in [0.2, 0.25) is 0 Å². The molecular formula is C16H12BrNOS. The van der Waals surface area contributed by atoms with E-state index >= 15 is 0 Å². The van der Waals surface area contributed by atoms with Crippen LogP contribution in [0.1, 0.15) is 0 Å². The lowest BCUT2D eigenvalue weighted by molar-refractivity contribution is 0.415. The first-order valence-corrected chi connectivity index (χ1v) is 7.35. The lowest BCUT2D eigenvalue weighted by atomic mass is 10.0. The predicted octanol–water partition coefficient (Wildman–Crippen LogP) is 5.34. The minimum Gasteiger partial charge on any atom is -0.497 e. The number of aromatic nitrogens is 1. The van der Waals surface area contributed by atoms with Crippen LogP contribution in [0.5, 0.6) is 5.75 Å². The van der Waals surface area contributed by atoms with Gasteiger partial charge in [0.1, 0.15) is 10.4 Å². The topological polar surface area (TPSA) is 25.0 Å². The van der Waals surface area contributed by atoms with Crippen molar-refractivity contribution in [1.29, 1.82) is 0 Å². The molecule has 0 aliphatic rings. The summed E-state index contributed by atoms with van der Waals surface area (Å²) in [4.78, 5) is 3.22. The van der Waals surface area contributed by atoms with E-state index in [1.807, 2.05) is 42.5 Å². The number of para-hydroxylation sites is 1. The van der Waals surface area contributed by atoms with Crippen molar-refractivity contribution in [3.63, 3.8) is 0 Å². The van der Waals surface area contributed by atoms with Crippen LogP contribution in [0.15, 0.2) is 53.0 Å². The minimum absolute atomic E-state index is 0.716. The van der Waals surface area contributed by atoms with E-state index in [9.17, 15) is 0 Å². The van der Waals surface area contributed by atoms with E-state index in [1.54, 1.807) is 7.11 Å². The summed E-state index contributed by atoms with van der Waals surface area (Å²) < 4.78 is 7.05. The minimum atomic E-state index is 0.716. The van der Waals surface area contributed by atoms with E-state index < -0.39 is 0 Å². The van der Waals surface area contributed by atoms with E-state index in [0.29, 0.717) is 4.64 Å². The van der Waals surface area contributed by atoms with Gasteiger partial charge >= 0.3 is 0 Å². The summed E-state index contributed by atoms with van der Waals surface area (Å²) in [6.07, 6.45) is 0. The van der Waals surface area contributed by atoms with Gasteiger partial charge in [0, 0.05) is 20.9 Å². The SMILES string of the molecule is COc1ccc(Br)c(-c2cc(=S)[nH]c3ccccc23)c1. The molecule has 0 saturated carbocycles. The molecule has 0 amide bonds. The Balaban J connectivity index is 2.37. The molecule has 100 valence electrons. The zero-order valence-corrected chi connectivity index (χ0v) is 13.2. The first-order valence-electron chi connectivity index (χ1n) is 6.15. The van der Waals surface area contributed by atoms with Crippen LogP contribution in [0.25, 0.3) is 22.0 Å². The molecule has 0 fully saturated rings. The standard InChI is InChI=1S/C16H12BrNOS/c1-19-10-6-7-14(17)13(8-10)12-9-16(20)18-15-5-3-2-4-11(12)15/h2-9H,1H3,(H,18,20). The molecule has 1 aromatic heterocycles. The van der Waals surface area contributed by atoms with E-state index in [0.717, 1.165) is 32.3 Å². The normalized spacial score (nSPS) is 10.7. The molecule has 3 rings (SSSR count). The number of fused-ring (bicyclic) bond motifs is 1. The zero-order valence-electron chi connectivity index (χ0n) is 10.8. The number of aromatic amines is 1. The summed E-state index contributed by atoms with van der Waals surface area (Å²) in [6.45, 7) is 0. The van der Waals surface area contributed by atoms with Crippen molar-refractivity contribution in [2.24, 2.45) is 0 Å². The van der Waals surface area contributed by atoms with Crippen LogP contribution < -0.4 is 4.74 Å². The number of hydrogen-bond acceptors (Lipinski definition) is 2. The molecule has 0 aliphatic heterocycles. The van der Waals surface area contributed by atoms with Gasteiger partial charge < -0.3 is 9.72 Å². The van der Waals surface area contributed by atoms with E-state index in [-0.39, 0.29) is 0 Å². The molecule has 0 spiro atoms. The number of ether oxygens (including phenoxy) is 1. The van der Waals surface area contributed by atoms with Crippen molar-refractivity contribution >= 4 is 39.1 Å². The molecule has 4 heteroatoms. The van der Waals surface area contributed by atoms with Crippen LogP contribution in [0.3, 0.4) is 0 Å². The van der Waals surface area contributed by atoms with Gasteiger partial charge in [-0.3, -0.25) is 0 Å². The molecule has 0 saturated heterocycles. The highest BCUT2D eigenvalue weighted by Crippen LogP contribution is 2.35. The molecule has 20 heavy (non-hydrogen) atoms. The maximum atomic E-state index is 5.33. The van der Waals surface area contributed by atoms with Crippen molar-refractivity contribution in [2.75, 3.05) is 7.11 Å². The van der Waals surface area contributed by atoms with Crippen molar-refractivity contribution in [2.45, 2.75) is 0 Å². The smallest absolute Gasteiger partial charge is 0.119 e. The van der Waals surface area contributed by atoms with Crippen LogP contribution in [0, 0.1) is 4.64 Å². The summed E-state index contributed by atoms with van der Waals surface area (Å²) in [6, 6.07) is 16.1. The summed E-state index contributed by atoms with van der Waals surface area (Å²) >= 11 is 8.94. The Labute approximate surface area is 130 Å².